The summed E-state index contributed by atoms with van der Waals surface area (Å²) in [7, 11) is 0. The molecule has 0 fully saturated rings. The van der Waals surface area contributed by atoms with Gasteiger partial charge in [0.05, 0.1) is 11.7 Å². The number of rotatable bonds is 1. The highest BCUT2D eigenvalue weighted by molar-refractivity contribution is 5.06. The maximum atomic E-state index is 10.1. The summed E-state index contributed by atoms with van der Waals surface area (Å²) >= 11 is 0. The second-order valence-corrected chi connectivity index (χ2v) is 5.90. The molecule has 1 rings (SSSR count). The van der Waals surface area contributed by atoms with Crippen molar-refractivity contribution in [3.63, 3.8) is 0 Å². The Morgan fingerprint density at radius 1 is 1.29 bits per heavy atom. The van der Waals surface area contributed by atoms with E-state index in [1.165, 1.54) is 5.57 Å². The van der Waals surface area contributed by atoms with Gasteiger partial charge in [-0.15, -0.1) is 0 Å². The molecule has 2 heteroatoms. The van der Waals surface area contributed by atoms with Crippen LogP contribution >= 0.6 is 0 Å². The molecule has 3 atom stereocenters. The molecule has 1 aliphatic rings. The average molecular weight is 238 g/mol. The van der Waals surface area contributed by atoms with Crippen molar-refractivity contribution in [2.45, 2.75) is 58.7 Å². The van der Waals surface area contributed by atoms with Gasteiger partial charge in [-0.3, -0.25) is 0 Å². The predicted octanol–water partition coefficient (Wildman–Crippen LogP) is 3.06. The van der Waals surface area contributed by atoms with E-state index in [-0.39, 0.29) is 17.9 Å². The first-order valence-corrected chi connectivity index (χ1v) is 6.55. The van der Waals surface area contributed by atoms with Gasteiger partial charge in [-0.05, 0) is 40.0 Å². The lowest BCUT2D eigenvalue weighted by Gasteiger charge is -2.28. The topological polar surface area (TPSA) is 40.5 Å². The molecule has 98 valence electrons. The highest BCUT2D eigenvalue weighted by Gasteiger charge is 2.25. The van der Waals surface area contributed by atoms with Crippen molar-refractivity contribution in [3.05, 3.63) is 23.8 Å². The number of allylic oxidation sites excluding steroid dienone is 1. The Morgan fingerprint density at radius 2 is 1.94 bits per heavy atom. The highest BCUT2D eigenvalue weighted by atomic mass is 16.3. The fraction of sp³-hybridized carbons (Fsp3) is 0.733. The third kappa shape index (κ3) is 4.64. The fourth-order valence-corrected chi connectivity index (χ4v) is 2.14. The molecule has 2 nitrogen and oxygen atoms in total. The summed E-state index contributed by atoms with van der Waals surface area (Å²) in [5.41, 5.74) is 0.612. The van der Waals surface area contributed by atoms with Crippen LogP contribution in [0.2, 0.25) is 0 Å². The van der Waals surface area contributed by atoms with Gasteiger partial charge >= 0.3 is 0 Å². The quantitative estimate of drug-likeness (QED) is 0.689. The van der Waals surface area contributed by atoms with Gasteiger partial charge in [0.25, 0.3) is 0 Å². The third-order valence-electron chi connectivity index (χ3n) is 3.72. The molecule has 0 saturated heterocycles. The van der Waals surface area contributed by atoms with Gasteiger partial charge in [-0.1, -0.05) is 30.7 Å². The van der Waals surface area contributed by atoms with Crippen LogP contribution in [0.4, 0.5) is 0 Å². The maximum Gasteiger partial charge on any atom is 0.0654 e. The molecule has 0 aromatic rings. The van der Waals surface area contributed by atoms with E-state index in [4.69, 9.17) is 0 Å². The molecule has 0 radical (unpaired) electrons. The van der Waals surface area contributed by atoms with Crippen molar-refractivity contribution in [1.29, 1.82) is 0 Å². The highest BCUT2D eigenvalue weighted by Crippen LogP contribution is 2.27. The molecule has 0 aromatic heterocycles. The molecular formula is C15H26O2. The van der Waals surface area contributed by atoms with Crippen LogP contribution < -0.4 is 0 Å². The zero-order valence-electron chi connectivity index (χ0n) is 11.5. The maximum absolute atomic E-state index is 10.1. The van der Waals surface area contributed by atoms with Gasteiger partial charge in [0.2, 0.25) is 0 Å². The van der Waals surface area contributed by atoms with Crippen molar-refractivity contribution < 1.29 is 10.2 Å². The first-order chi connectivity index (χ1) is 7.80. The van der Waals surface area contributed by atoms with Crippen molar-refractivity contribution in [1.82, 2.24) is 0 Å². The minimum Gasteiger partial charge on any atom is -0.392 e. The van der Waals surface area contributed by atoms with Crippen LogP contribution in [0.3, 0.4) is 0 Å². The predicted molar refractivity (Wildman–Crippen MR) is 71.7 cm³/mol. The zero-order chi connectivity index (χ0) is 13.1. The van der Waals surface area contributed by atoms with Crippen LogP contribution in [-0.2, 0) is 0 Å². The number of hydrogen-bond acceptors (Lipinski definition) is 2. The van der Waals surface area contributed by atoms with Crippen molar-refractivity contribution in [2.75, 3.05) is 0 Å². The van der Waals surface area contributed by atoms with Crippen LogP contribution in [0.1, 0.15) is 47.0 Å². The van der Waals surface area contributed by atoms with Crippen molar-refractivity contribution in [3.8, 4) is 0 Å². The van der Waals surface area contributed by atoms with E-state index in [0.717, 1.165) is 19.3 Å². The van der Waals surface area contributed by atoms with Gasteiger partial charge in [0, 0.05) is 11.8 Å². The molecule has 0 aliphatic heterocycles. The Bertz CT molecular complexity index is 297. The second-order valence-electron chi connectivity index (χ2n) is 5.90. The van der Waals surface area contributed by atoms with Crippen LogP contribution in [0, 0.1) is 11.8 Å². The Morgan fingerprint density at radius 3 is 2.53 bits per heavy atom. The molecule has 0 spiro atoms. The Labute approximate surface area is 105 Å². The van der Waals surface area contributed by atoms with Gasteiger partial charge < -0.3 is 10.2 Å². The van der Waals surface area contributed by atoms with Gasteiger partial charge in [-0.2, -0.15) is 0 Å². The minimum absolute atomic E-state index is 0.141. The summed E-state index contributed by atoms with van der Waals surface area (Å²) in [6.07, 6.45) is 8.60. The van der Waals surface area contributed by atoms with Gasteiger partial charge in [0.1, 0.15) is 0 Å². The number of aliphatic hydroxyl groups is 2. The Balaban J connectivity index is 2.85. The summed E-state index contributed by atoms with van der Waals surface area (Å²) < 4.78 is 0. The van der Waals surface area contributed by atoms with Crippen LogP contribution in [0.25, 0.3) is 0 Å². The first kappa shape index (κ1) is 14.5. The monoisotopic (exact) mass is 238 g/mol. The normalized spacial score (nSPS) is 37.1. The molecule has 0 saturated carbocycles. The average Bonchev–Trinajstić information content (AvgIpc) is 2.22. The molecular weight excluding hydrogens is 212 g/mol. The molecule has 17 heavy (non-hydrogen) atoms. The largest absolute Gasteiger partial charge is 0.392 e. The molecule has 0 amide bonds. The summed E-state index contributed by atoms with van der Waals surface area (Å²) in [5.74, 6) is 0.292. The van der Waals surface area contributed by atoms with Crippen molar-refractivity contribution in [2.24, 2.45) is 11.8 Å². The number of hydrogen-bond donors (Lipinski definition) is 2. The van der Waals surface area contributed by atoms with E-state index in [1.54, 1.807) is 0 Å². The molecule has 0 aromatic carbocycles. The first-order valence-electron chi connectivity index (χ1n) is 6.55. The van der Waals surface area contributed by atoms with Gasteiger partial charge in [0.15, 0.2) is 0 Å². The lowest BCUT2D eigenvalue weighted by molar-refractivity contribution is 0.0331. The Hall–Kier alpha value is -0.600. The summed E-state index contributed by atoms with van der Waals surface area (Å²) in [6.45, 7) is 7.83. The molecule has 2 N–H and O–H groups in total. The molecule has 1 unspecified atom stereocenters. The van der Waals surface area contributed by atoms with E-state index in [2.05, 4.69) is 19.1 Å². The lowest BCUT2D eigenvalue weighted by Crippen LogP contribution is -2.30. The number of aliphatic hydroxyl groups excluding tert-OH is 1. The van der Waals surface area contributed by atoms with E-state index in [1.807, 2.05) is 26.8 Å². The van der Waals surface area contributed by atoms with E-state index >= 15 is 0 Å². The zero-order valence-corrected chi connectivity index (χ0v) is 11.5. The third-order valence-corrected chi connectivity index (χ3v) is 3.72. The minimum atomic E-state index is -0.694. The van der Waals surface area contributed by atoms with E-state index < -0.39 is 5.60 Å². The van der Waals surface area contributed by atoms with E-state index in [9.17, 15) is 10.2 Å². The second kappa shape index (κ2) is 5.83. The van der Waals surface area contributed by atoms with Crippen molar-refractivity contribution >= 4 is 0 Å². The smallest absolute Gasteiger partial charge is 0.0654 e. The van der Waals surface area contributed by atoms with Crippen LogP contribution in [0.5, 0.6) is 0 Å². The van der Waals surface area contributed by atoms with E-state index in [0.29, 0.717) is 0 Å². The van der Waals surface area contributed by atoms with Crippen LogP contribution in [-0.4, -0.2) is 21.9 Å². The SMILES string of the molecule is C/C1=C\CC(O)[C@H](C)/C=C/[C@H](C(C)(C)O)CC1. The molecule has 0 bridgehead atoms. The fourth-order valence-electron chi connectivity index (χ4n) is 2.14. The Kier molecular flexibility index (Phi) is 4.96. The van der Waals surface area contributed by atoms with Crippen LogP contribution in [0.15, 0.2) is 23.8 Å². The molecule has 0 heterocycles. The summed E-state index contributed by atoms with van der Waals surface area (Å²) in [4.78, 5) is 0. The standard InChI is InChI=1S/C15H26O2/c1-11-5-8-13(15(3,4)17)9-7-12(2)14(16)10-6-11/h6-7,9,12-14,16-17H,5,8,10H2,1-4H3/b9-7+,11-6+/t12-,13-,14?/m1/s1. The molecule has 1 aliphatic carbocycles. The summed E-state index contributed by atoms with van der Waals surface area (Å²) in [5, 5.41) is 20.1. The van der Waals surface area contributed by atoms with Gasteiger partial charge in [-0.25, -0.2) is 0 Å². The summed E-state index contributed by atoms with van der Waals surface area (Å²) in [6, 6.07) is 0. The lowest BCUT2D eigenvalue weighted by atomic mass is 9.83.